The fraction of sp³-hybridized carbons (Fsp3) is 0.588. The van der Waals surface area contributed by atoms with Crippen LogP contribution in [0.5, 0.6) is 0 Å². The molecule has 1 aliphatic rings. The van der Waals surface area contributed by atoms with E-state index in [2.05, 4.69) is 19.2 Å². The van der Waals surface area contributed by atoms with E-state index < -0.39 is 0 Å². The molecular formula is C17H26N2O. The number of carbonyl (C=O) groups excluding carboxylic acids is 1. The van der Waals surface area contributed by atoms with Crippen LogP contribution in [0.4, 0.5) is 0 Å². The number of carbonyl (C=O) groups is 1. The van der Waals surface area contributed by atoms with E-state index in [4.69, 9.17) is 5.73 Å². The summed E-state index contributed by atoms with van der Waals surface area (Å²) in [5.41, 5.74) is 7.01. The van der Waals surface area contributed by atoms with Crippen molar-refractivity contribution in [3.05, 3.63) is 35.9 Å². The van der Waals surface area contributed by atoms with Crippen LogP contribution in [0.3, 0.4) is 0 Å². The molecule has 20 heavy (non-hydrogen) atoms. The second kappa shape index (κ2) is 6.40. The number of benzene rings is 1. The van der Waals surface area contributed by atoms with Gasteiger partial charge in [0.15, 0.2) is 0 Å². The first-order chi connectivity index (χ1) is 9.54. The van der Waals surface area contributed by atoms with Gasteiger partial charge < -0.3 is 11.1 Å². The first-order valence-corrected chi connectivity index (χ1v) is 7.60. The number of amides is 1. The summed E-state index contributed by atoms with van der Waals surface area (Å²) in [5, 5.41) is 3.14. The topological polar surface area (TPSA) is 55.1 Å². The summed E-state index contributed by atoms with van der Waals surface area (Å²) in [6, 6.07) is 9.89. The molecule has 0 saturated heterocycles. The van der Waals surface area contributed by atoms with Gasteiger partial charge in [0.2, 0.25) is 5.91 Å². The predicted octanol–water partition coefficient (Wildman–Crippen LogP) is 3.02. The van der Waals surface area contributed by atoms with Gasteiger partial charge in [-0.3, -0.25) is 4.79 Å². The molecule has 1 aliphatic carbocycles. The lowest BCUT2D eigenvalue weighted by atomic mass is 9.68. The lowest BCUT2D eigenvalue weighted by Gasteiger charge is -2.38. The maximum Gasteiger partial charge on any atom is 0.224 e. The van der Waals surface area contributed by atoms with Crippen LogP contribution in [0.2, 0.25) is 0 Å². The molecular weight excluding hydrogens is 248 g/mol. The van der Waals surface area contributed by atoms with Gasteiger partial charge in [0.05, 0.1) is 6.04 Å². The highest BCUT2D eigenvalue weighted by Crippen LogP contribution is 2.40. The van der Waals surface area contributed by atoms with Crippen LogP contribution in [0.25, 0.3) is 0 Å². The first kappa shape index (κ1) is 15.0. The molecule has 1 aromatic rings. The molecule has 1 saturated carbocycles. The van der Waals surface area contributed by atoms with Gasteiger partial charge in [0.25, 0.3) is 0 Å². The Balaban J connectivity index is 2.06. The maximum absolute atomic E-state index is 12.6. The third-order valence-electron chi connectivity index (χ3n) is 4.58. The zero-order valence-electron chi connectivity index (χ0n) is 12.6. The Labute approximate surface area is 121 Å². The second-order valence-corrected chi connectivity index (χ2v) is 6.49. The average Bonchev–Trinajstić information content (AvgIpc) is 2.45. The molecule has 2 rings (SSSR count). The Morgan fingerprint density at radius 1 is 1.35 bits per heavy atom. The van der Waals surface area contributed by atoms with Crippen molar-refractivity contribution in [2.24, 2.45) is 17.1 Å². The molecule has 0 spiro atoms. The maximum atomic E-state index is 12.6. The van der Waals surface area contributed by atoms with Crippen molar-refractivity contribution in [3.8, 4) is 0 Å². The molecule has 110 valence electrons. The number of nitrogens with two attached hydrogens (primary N) is 1. The van der Waals surface area contributed by atoms with E-state index in [1.54, 1.807) is 0 Å². The highest BCUT2D eigenvalue weighted by atomic mass is 16.2. The minimum Gasteiger partial charge on any atom is -0.348 e. The van der Waals surface area contributed by atoms with E-state index in [1.807, 2.05) is 30.3 Å². The van der Waals surface area contributed by atoms with Crippen LogP contribution in [-0.4, -0.2) is 12.5 Å². The molecule has 1 amide bonds. The summed E-state index contributed by atoms with van der Waals surface area (Å²) < 4.78 is 0. The monoisotopic (exact) mass is 274 g/mol. The Kier molecular flexibility index (Phi) is 4.81. The molecule has 0 bridgehead atoms. The summed E-state index contributed by atoms with van der Waals surface area (Å²) in [5.74, 6) is 0.267. The van der Waals surface area contributed by atoms with Crippen LogP contribution in [0.15, 0.2) is 30.3 Å². The highest BCUT2D eigenvalue weighted by molar-refractivity contribution is 5.80. The van der Waals surface area contributed by atoms with Gasteiger partial charge in [-0.05, 0) is 23.8 Å². The normalized spacial score (nSPS) is 23.1. The van der Waals surface area contributed by atoms with Crippen molar-refractivity contribution < 1.29 is 4.79 Å². The molecule has 3 nitrogen and oxygen atoms in total. The van der Waals surface area contributed by atoms with Gasteiger partial charge in [-0.1, -0.05) is 57.0 Å². The van der Waals surface area contributed by atoms with E-state index in [-0.39, 0.29) is 23.3 Å². The van der Waals surface area contributed by atoms with Crippen LogP contribution in [0, 0.1) is 11.3 Å². The van der Waals surface area contributed by atoms with Crippen molar-refractivity contribution in [1.82, 2.24) is 5.32 Å². The third kappa shape index (κ3) is 3.40. The lowest BCUT2D eigenvalue weighted by Crippen LogP contribution is -2.43. The number of hydrogen-bond acceptors (Lipinski definition) is 2. The number of hydrogen-bond donors (Lipinski definition) is 2. The van der Waals surface area contributed by atoms with Gasteiger partial charge in [0, 0.05) is 12.5 Å². The molecule has 1 fully saturated rings. The first-order valence-electron chi connectivity index (χ1n) is 7.60. The molecule has 2 unspecified atom stereocenters. The van der Waals surface area contributed by atoms with Gasteiger partial charge in [-0.2, -0.15) is 0 Å². The van der Waals surface area contributed by atoms with Crippen LogP contribution >= 0.6 is 0 Å². The summed E-state index contributed by atoms with van der Waals surface area (Å²) in [4.78, 5) is 12.6. The molecule has 3 heteroatoms. The largest absolute Gasteiger partial charge is 0.348 e. The second-order valence-electron chi connectivity index (χ2n) is 6.49. The van der Waals surface area contributed by atoms with Crippen LogP contribution in [-0.2, 0) is 4.79 Å². The van der Waals surface area contributed by atoms with E-state index in [0.29, 0.717) is 6.54 Å². The summed E-state index contributed by atoms with van der Waals surface area (Å²) in [7, 11) is 0. The van der Waals surface area contributed by atoms with Crippen molar-refractivity contribution in [2.45, 2.75) is 45.6 Å². The van der Waals surface area contributed by atoms with Crippen molar-refractivity contribution in [2.75, 3.05) is 6.54 Å². The van der Waals surface area contributed by atoms with Crippen molar-refractivity contribution in [3.63, 3.8) is 0 Å². The Morgan fingerprint density at radius 2 is 2.05 bits per heavy atom. The van der Waals surface area contributed by atoms with E-state index in [9.17, 15) is 4.79 Å². The van der Waals surface area contributed by atoms with Gasteiger partial charge >= 0.3 is 0 Å². The van der Waals surface area contributed by atoms with Crippen LogP contribution < -0.4 is 11.1 Å². The van der Waals surface area contributed by atoms with Gasteiger partial charge in [0.1, 0.15) is 0 Å². The molecule has 2 atom stereocenters. The number of rotatable bonds is 4. The molecule has 3 N–H and O–H groups in total. The third-order valence-corrected chi connectivity index (χ3v) is 4.58. The van der Waals surface area contributed by atoms with Crippen molar-refractivity contribution >= 4 is 5.91 Å². The number of nitrogens with one attached hydrogen (secondary N) is 1. The van der Waals surface area contributed by atoms with Crippen molar-refractivity contribution in [1.29, 1.82) is 0 Å². The quantitative estimate of drug-likeness (QED) is 0.886. The smallest absolute Gasteiger partial charge is 0.224 e. The summed E-state index contributed by atoms with van der Waals surface area (Å²) in [6.07, 6.45) is 4.50. The SMILES string of the molecule is CC1(C)CCCCC1C(=O)NC(CN)c1ccccc1. The zero-order valence-corrected chi connectivity index (χ0v) is 12.6. The Morgan fingerprint density at radius 3 is 2.65 bits per heavy atom. The predicted molar refractivity (Wildman–Crippen MR) is 82.1 cm³/mol. The van der Waals surface area contributed by atoms with E-state index in [0.717, 1.165) is 24.8 Å². The summed E-state index contributed by atoms with van der Waals surface area (Å²) >= 11 is 0. The fourth-order valence-corrected chi connectivity index (χ4v) is 3.22. The molecule has 1 aromatic carbocycles. The zero-order chi connectivity index (χ0) is 14.6. The molecule has 0 aliphatic heterocycles. The van der Waals surface area contributed by atoms with Gasteiger partial charge in [-0.25, -0.2) is 0 Å². The molecule has 0 aromatic heterocycles. The molecule has 0 heterocycles. The Hall–Kier alpha value is -1.35. The van der Waals surface area contributed by atoms with Gasteiger partial charge in [-0.15, -0.1) is 0 Å². The van der Waals surface area contributed by atoms with Crippen LogP contribution in [0.1, 0.15) is 51.1 Å². The average molecular weight is 274 g/mol. The minimum absolute atomic E-state index is 0.0820. The summed E-state index contributed by atoms with van der Waals surface area (Å²) in [6.45, 7) is 4.84. The standard InChI is InChI=1S/C17H26N2O/c1-17(2)11-7-6-10-14(17)16(20)19-15(12-18)13-8-4-3-5-9-13/h3-5,8-9,14-15H,6-7,10-12,18H2,1-2H3,(H,19,20). The fourth-order valence-electron chi connectivity index (χ4n) is 3.22. The molecule has 0 radical (unpaired) electrons. The minimum atomic E-state index is -0.0820. The lowest BCUT2D eigenvalue weighted by molar-refractivity contribution is -0.131. The van der Waals surface area contributed by atoms with E-state index in [1.165, 1.54) is 6.42 Å². The van der Waals surface area contributed by atoms with E-state index >= 15 is 0 Å². The highest BCUT2D eigenvalue weighted by Gasteiger charge is 2.37. The Bertz CT molecular complexity index is 442.